The summed E-state index contributed by atoms with van der Waals surface area (Å²) in [7, 11) is 1.84. The number of fused-ring (bicyclic) bond motifs is 3. The van der Waals surface area contributed by atoms with Crippen molar-refractivity contribution in [1.82, 2.24) is 35.1 Å². The Kier molecular flexibility index (Phi) is 9.55. The van der Waals surface area contributed by atoms with Gasteiger partial charge in [0.25, 0.3) is 5.91 Å². The number of rotatable bonds is 9. The molecular weight excluding hydrogens is 713 g/mol. The summed E-state index contributed by atoms with van der Waals surface area (Å²) in [6.45, 7) is 5.99. The zero-order valence-electron chi connectivity index (χ0n) is 31.7. The molecule has 4 aromatic rings. The number of hydrogen-bond donors (Lipinski definition) is 3. The SMILES string of the molecule is CN1CCN([C@@H]2CCCN(c3cnc(C(N)=O)c(Nc4ccc(C5CCN(C[C@H]6Cc7ccc8c(C9CCC(=O)NC9=O)noc8c7C6)CC5)cc4)n3)C2)C1=O. The summed E-state index contributed by atoms with van der Waals surface area (Å²) in [6, 6.07) is 12.7. The topological polar surface area (TPSA) is 183 Å². The van der Waals surface area contributed by atoms with E-state index in [2.05, 4.69) is 48.8 Å². The van der Waals surface area contributed by atoms with Crippen LogP contribution in [0.1, 0.15) is 83.2 Å². The molecule has 15 heteroatoms. The first-order valence-corrected chi connectivity index (χ1v) is 19.9. The van der Waals surface area contributed by atoms with Gasteiger partial charge >= 0.3 is 6.03 Å². The molecule has 4 fully saturated rings. The molecule has 15 nitrogen and oxygen atoms in total. The number of likely N-dealkylation sites (tertiary alicyclic amines) is 1. The molecule has 2 aromatic carbocycles. The van der Waals surface area contributed by atoms with Gasteiger partial charge in [0, 0.05) is 62.8 Å². The Morgan fingerprint density at radius 3 is 2.55 bits per heavy atom. The van der Waals surface area contributed by atoms with E-state index in [9.17, 15) is 19.2 Å². The highest BCUT2D eigenvalue weighted by molar-refractivity contribution is 6.02. The lowest BCUT2D eigenvalue weighted by atomic mass is 9.89. The first kappa shape index (κ1) is 36.1. The van der Waals surface area contributed by atoms with Crippen molar-refractivity contribution in [3.05, 3.63) is 70.7 Å². The number of amides is 5. The lowest BCUT2D eigenvalue weighted by Crippen LogP contribution is -2.49. The summed E-state index contributed by atoms with van der Waals surface area (Å²) in [5.41, 5.74) is 11.8. The van der Waals surface area contributed by atoms with E-state index >= 15 is 0 Å². The first-order chi connectivity index (χ1) is 27.2. The number of hydrogen-bond acceptors (Lipinski definition) is 11. The van der Waals surface area contributed by atoms with E-state index in [1.54, 1.807) is 11.1 Å². The largest absolute Gasteiger partial charge is 0.364 e. The number of likely N-dealkylation sites (N-methyl/N-ethyl adjacent to an activating group) is 1. The molecule has 1 unspecified atom stereocenters. The number of piperidine rings is 3. The average molecular weight is 761 g/mol. The highest BCUT2D eigenvalue weighted by Gasteiger charge is 2.36. The third-order valence-corrected chi connectivity index (χ3v) is 12.6. The summed E-state index contributed by atoms with van der Waals surface area (Å²) in [5.74, 6) is 0.274. The molecule has 4 aliphatic heterocycles. The maximum absolute atomic E-state index is 12.7. The van der Waals surface area contributed by atoms with Gasteiger partial charge in [-0.3, -0.25) is 19.7 Å². The van der Waals surface area contributed by atoms with E-state index in [0.717, 1.165) is 94.5 Å². The monoisotopic (exact) mass is 760 g/mol. The predicted molar refractivity (Wildman–Crippen MR) is 209 cm³/mol. The zero-order chi connectivity index (χ0) is 38.5. The predicted octanol–water partition coefficient (Wildman–Crippen LogP) is 3.91. The van der Waals surface area contributed by atoms with Gasteiger partial charge in [0.05, 0.1) is 18.2 Å². The van der Waals surface area contributed by atoms with E-state index in [4.69, 9.17) is 15.2 Å². The normalized spacial score (nSPS) is 23.6. The van der Waals surface area contributed by atoms with Gasteiger partial charge in [-0.2, -0.15) is 0 Å². The number of benzene rings is 2. The van der Waals surface area contributed by atoms with Crippen molar-refractivity contribution in [2.75, 3.05) is 63.1 Å². The molecule has 3 atom stereocenters. The van der Waals surface area contributed by atoms with E-state index in [0.29, 0.717) is 48.6 Å². The highest BCUT2D eigenvalue weighted by Crippen LogP contribution is 2.39. The second-order valence-electron chi connectivity index (χ2n) is 16.2. The molecule has 292 valence electrons. The molecule has 9 rings (SSSR count). The molecule has 6 heterocycles. The van der Waals surface area contributed by atoms with Gasteiger partial charge in [0.15, 0.2) is 17.1 Å². The minimum atomic E-state index is -0.649. The molecule has 0 bridgehead atoms. The standard InChI is InChI=1S/C41H48N10O5/c1-48-17-18-51(41(48)55)29-3-2-14-50(23-29)33-21-43-36(38(42)53)39(45-33)44-28-7-4-25(5-8-28)26-12-15-49(16-13-26)22-24-19-27-6-9-30-35(47-56-37(30)32(27)20-24)31-10-11-34(52)46-40(31)54/h4-9,21,24,26,29,31H,2-3,10-20,22-23H2,1H3,(H2,42,53)(H,44,45)(H,46,52,54)/t24-,29+,31?/m0/s1. The minimum absolute atomic E-state index is 0.0686. The van der Waals surface area contributed by atoms with Crippen molar-refractivity contribution in [1.29, 1.82) is 0 Å². The maximum Gasteiger partial charge on any atom is 0.320 e. The van der Waals surface area contributed by atoms with Crippen molar-refractivity contribution in [2.24, 2.45) is 11.7 Å². The third-order valence-electron chi connectivity index (χ3n) is 12.6. The van der Waals surface area contributed by atoms with Crippen LogP contribution in [0.15, 0.2) is 47.1 Å². The summed E-state index contributed by atoms with van der Waals surface area (Å²) >= 11 is 0. The van der Waals surface area contributed by atoms with E-state index in [-0.39, 0.29) is 29.6 Å². The molecule has 4 saturated heterocycles. The summed E-state index contributed by atoms with van der Waals surface area (Å²) in [4.78, 5) is 66.9. The number of primary amides is 1. The van der Waals surface area contributed by atoms with Crippen molar-refractivity contribution < 1.29 is 23.7 Å². The molecule has 5 aliphatic rings. The second kappa shape index (κ2) is 14.8. The van der Waals surface area contributed by atoms with E-state index < -0.39 is 11.8 Å². The Morgan fingerprint density at radius 1 is 0.982 bits per heavy atom. The van der Waals surface area contributed by atoms with Crippen LogP contribution in [0.2, 0.25) is 0 Å². The number of imide groups is 1. The number of carbonyl (C=O) groups is 4. The molecular formula is C41H48N10O5. The van der Waals surface area contributed by atoms with Crippen LogP contribution in [0, 0.1) is 5.92 Å². The van der Waals surface area contributed by atoms with Crippen LogP contribution in [0.25, 0.3) is 11.0 Å². The van der Waals surface area contributed by atoms with Crippen molar-refractivity contribution >= 4 is 52.0 Å². The van der Waals surface area contributed by atoms with Crippen molar-refractivity contribution in [2.45, 2.75) is 69.2 Å². The fourth-order valence-electron chi connectivity index (χ4n) is 9.55. The number of nitrogens with zero attached hydrogens (tertiary/aromatic N) is 7. The smallest absolute Gasteiger partial charge is 0.320 e. The Morgan fingerprint density at radius 2 is 1.80 bits per heavy atom. The Bertz CT molecular complexity index is 2180. The van der Waals surface area contributed by atoms with Crippen molar-refractivity contribution in [3.8, 4) is 0 Å². The number of aromatic nitrogens is 3. The third kappa shape index (κ3) is 6.92. The quantitative estimate of drug-likeness (QED) is 0.210. The molecule has 56 heavy (non-hydrogen) atoms. The molecule has 1 aliphatic carbocycles. The highest BCUT2D eigenvalue weighted by atomic mass is 16.5. The Balaban J connectivity index is 0.799. The number of nitrogens with one attached hydrogen (secondary N) is 2. The zero-order valence-corrected chi connectivity index (χ0v) is 31.7. The van der Waals surface area contributed by atoms with Crippen LogP contribution in [-0.2, 0) is 22.4 Å². The lowest BCUT2D eigenvalue weighted by molar-refractivity contribution is -0.134. The Labute approximate surface area is 324 Å². The lowest BCUT2D eigenvalue weighted by Gasteiger charge is -2.37. The van der Waals surface area contributed by atoms with Gasteiger partial charge in [-0.15, -0.1) is 0 Å². The van der Waals surface area contributed by atoms with Gasteiger partial charge in [-0.05, 0) is 99.2 Å². The van der Waals surface area contributed by atoms with Crippen LogP contribution in [0.4, 0.5) is 22.1 Å². The Hall–Kier alpha value is -5.57. The van der Waals surface area contributed by atoms with Crippen molar-refractivity contribution in [3.63, 3.8) is 0 Å². The number of nitrogens with two attached hydrogens (primary N) is 1. The van der Waals surface area contributed by atoms with Crippen LogP contribution in [0.5, 0.6) is 0 Å². The van der Waals surface area contributed by atoms with Crippen LogP contribution >= 0.6 is 0 Å². The molecule has 5 amide bonds. The summed E-state index contributed by atoms with van der Waals surface area (Å²) in [6.07, 6.45) is 8.30. The molecule has 0 spiro atoms. The van der Waals surface area contributed by atoms with Gasteiger partial charge in [0.2, 0.25) is 11.8 Å². The maximum atomic E-state index is 12.7. The van der Waals surface area contributed by atoms with Crippen LogP contribution in [-0.4, -0.2) is 112 Å². The minimum Gasteiger partial charge on any atom is -0.364 e. The van der Waals surface area contributed by atoms with E-state index in [1.165, 1.54) is 16.7 Å². The summed E-state index contributed by atoms with van der Waals surface area (Å²) < 4.78 is 5.86. The van der Waals surface area contributed by atoms with E-state index in [1.807, 2.05) is 30.1 Å². The first-order valence-electron chi connectivity index (χ1n) is 19.9. The number of anilines is 3. The molecule has 0 saturated carbocycles. The fourth-order valence-corrected chi connectivity index (χ4v) is 9.55. The van der Waals surface area contributed by atoms with Crippen LogP contribution < -0.4 is 21.3 Å². The van der Waals surface area contributed by atoms with Gasteiger partial charge in [-0.25, -0.2) is 14.8 Å². The molecule has 2 aromatic heterocycles. The summed E-state index contributed by atoms with van der Waals surface area (Å²) in [5, 5.41) is 11.0. The average Bonchev–Trinajstić information content (AvgIpc) is 3.91. The van der Waals surface area contributed by atoms with Gasteiger partial charge in [0.1, 0.15) is 11.5 Å². The molecule has 4 N–H and O–H groups in total. The molecule has 0 radical (unpaired) electrons. The van der Waals surface area contributed by atoms with Gasteiger partial charge in [-0.1, -0.05) is 23.4 Å². The fraction of sp³-hybridized carbons (Fsp3) is 0.488. The number of carbonyl (C=O) groups excluding carboxylic acids is 4. The van der Waals surface area contributed by atoms with Gasteiger partial charge < -0.3 is 35.2 Å². The number of urea groups is 1. The second-order valence-corrected chi connectivity index (χ2v) is 16.2. The van der Waals surface area contributed by atoms with Crippen LogP contribution in [0.3, 0.4) is 0 Å².